The van der Waals surface area contributed by atoms with E-state index in [4.69, 9.17) is 9.47 Å². The number of piperidine rings is 1. The first-order chi connectivity index (χ1) is 11.9. The third-order valence-electron chi connectivity index (χ3n) is 5.36. The summed E-state index contributed by atoms with van der Waals surface area (Å²) in [6.45, 7) is 3.92. The Morgan fingerprint density at radius 2 is 2.00 bits per heavy atom. The van der Waals surface area contributed by atoms with Gasteiger partial charge < -0.3 is 14.8 Å². The van der Waals surface area contributed by atoms with E-state index in [2.05, 4.69) is 12.2 Å². The van der Waals surface area contributed by atoms with Gasteiger partial charge in [0.1, 0.15) is 17.6 Å². The van der Waals surface area contributed by atoms with Gasteiger partial charge in [0.25, 0.3) is 0 Å². The molecule has 132 valence electrons. The Kier molecular flexibility index (Phi) is 3.77. The van der Waals surface area contributed by atoms with E-state index in [1.807, 2.05) is 6.07 Å². The van der Waals surface area contributed by atoms with Crippen molar-refractivity contribution in [2.75, 3.05) is 20.2 Å². The summed E-state index contributed by atoms with van der Waals surface area (Å²) in [7, 11) is -2.10. The molecule has 0 aromatic heterocycles. The van der Waals surface area contributed by atoms with Crippen molar-refractivity contribution in [2.24, 2.45) is 0 Å². The molecule has 0 aliphatic carbocycles. The summed E-state index contributed by atoms with van der Waals surface area (Å²) in [5.41, 5.74) is 1.04. The summed E-state index contributed by atoms with van der Waals surface area (Å²) in [6, 6.07) is 11.8. The van der Waals surface area contributed by atoms with Crippen LogP contribution in [0.25, 0.3) is 0 Å². The quantitative estimate of drug-likeness (QED) is 0.912. The fourth-order valence-corrected chi connectivity index (χ4v) is 5.05. The Balaban J connectivity index is 1.76. The van der Waals surface area contributed by atoms with E-state index in [9.17, 15) is 8.42 Å². The molecule has 2 aromatic rings. The lowest BCUT2D eigenvalue weighted by molar-refractivity contribution is 0.123. The lowest BCUT2D eigenvalue weighted by Gasteiger charge is -2.35. The van der Waals surface area contributed by atoms with Crippen molar-refractivity contribution < 1.29 is 17.9 Å². The average molecular weight is 359 g/mol. The van der Waals surface area contributed by atoms with Gasteiger partial charge in [0.05, 0.1) is 16.9 Å². The van der Waals surface area contributed by atoms with Crippen molar-refractivity contribution in [1.82, 2.24) is 5.32 Å². The van der Waals surface area contributed by atoms with Crippen LogP contribution in [0.3, 0.4) is 0 Å². The van der Waals surface area contributed by atoms with Gasteiger partial charge in [-0.3, -0.25) is 0 Å². The third kappa shape index (κ3) is 2.51. The van der Waals surface area contributed by atoms with Crippen LogP contribution in [0, 0.1) is 0 Å². The first kappa shape index (κ1) is 16.4. The van der Waals surface area contributed by atoms with Gasteiger partial charge in [-0.25, -0.2) is 8.42 Å². The molecule has 0 saturated carbocycles. The van der Waals surface area contributed by atoms with Gasteiger partial charge in [-0.15, -0.1) is 0 Å². The lowest BCUT2D eigenvalue weighted by atomic mass is 9.74. The molecule has 25 heavy (non-hydrogen) atoms. The van der Waals surface area contributed by atoms with Gasteiger partial charge in [0.2, 0.25) is 9.84 Å². The molecule has 2 aliphatic rings. The van der Waals surface area contributed by atoms with E-state index in [0.717, 1.165) is 25.1 Å². The molecule has 1 saturated heterocycles. The summed E-state index contributed by atoms with van der Waals surface area (Å²) in [5, 5.41) is 3.34. The van der Waals surface area contributed by atoms with E-state index in [0.29, 0.717) is 11.5 Å². The molecule has 2 unspecified atom stereocenters. The zero-order valence-corrected chi connectivity index (χ0v) is 15.1. The number of fused-ring (bicyclic) bond motifs is 3. The molecule has 0 radical (unpaired) electrons. The number of hydrogen-bond acceptors (Lipinski definition) is 5. The number of hydrogen-bond donors (Lipinski definition) is 1. The number of ether oxygens (including phenoxy) is 2. The van der Waals surface area contributed by atoms with Gasteiger partial charge in [-0.1, -0.05) is 19.1 Å². The van der Waals surface area contributed by atoms with Crippen LogP contribution in [0.4, 0.5) is 0 Å². The maximum atomic E-state index is 13.0. The molecule has 2 heterocycles. The van der Waals surface area contributed by atoms with Crippen LogP contribution in [0.2, 0.25) is 0 Å². The van der Waals surface area contributed by atoms with Crippen LogP contribution in [-0.4, -0.2) is 34.7 Å². The molecular weight excluding hydrogens is 338 g/mol. The van der Waals surface area contributed by atoms with Crippen LogP contribution < -0.4 is 14.8 Å². The predicted octanol–water partition coefficient (Wildman–Crippen LogP) is 2.54. The number of nitrogens with one attached hydrogen (secondary N) is 1. The molecule has 2 aromatic carbocycles. The first-order valence-electron chi connectivity index (χ1n) is 8.36. The topological polar surface area (TPSA) is 64.6 Å². The van der Waals surface area contributed by atoms with Crippen LogP contribution >= 0.6 is 0 Å². The highest BCUT2D eigenvalue weighted by atomic mass is 32.2. The molecule has 6 heteroatoms. The maximum Gasteiger partial charge on any atom is 0.206 e. The first-order valence-corrected chi connectivity index (χ1v) is 9.84. The van der Waals surface area contributed by atoms with Gasteiger partial charge >= 0.3 is 0 Å². The molecule has 0 amide bonds. The summed E-state index contributed by atoms with van der Waals surface area (Å²) in [4.78, 5) is 0.463. The lowest BCUT2D eigenvalue weighted by Crippen LogP contribution is -2.49. The molecule has 2 atom stereocenters. The summed E-state index contributed by atoms with van der Waals surface area (Å²) < 4.78 is 37.2. The number of sulfone groups is 1. The van der Waals surface area contributed by atoms with Crippen molar-refractivity contribution in [3.63, 3.8) is 0 Å². The molecule has 2 aliphatic heterocycles. The summed E-state index contributed by atoms with van der Waals surface area (Å²) >= 11 is 0. The summed E-state index contributed by atoms with van der Waals surface area (Å²) in [5.74, 6) is 1.20. The maximum absolute atomic E-state index is 13.0. The molecular formula is C19H21NO4S. The standard InChI is InChI=1S/C19H21NO4S/c1-19-8-9-20-12-18(19)24-17-11-15(6-7-16(17)19)25(21,22)14-5-3-4-13(10-14)23-2/h3-7,10-11,18,20H,8-9,12H2,1-2H3. The van der Waals surface area contributed by atoms with Crippen molar-refractivity contribution in [3.8, 4) is 11.5 Å². The monoisotopic (exact) mass is 359 g/mol. The van der Waals surface area contributed by atoms with Crippen molar-refractivity contribution >= 4 is 9.84 Å². The Bertz CT molecular complexity index is 925. The normalized spacial score (nSPS) is 25.0. The highest BCUT2D eigenvalue weighted by molar-refractivity contribution is 7.91. The van der Waals surface area contributed by atoms with E-state index >= 15 is 0 Å². The highest BCUT2D eigenvalue weighted by Crippen LogP contribution is 2.47. The van der Waals surface area contributed by atoms with Gasteiger partial charge in [0.15, 0.2) is 0 Å². The van der Waals surface area contributed by atoms with Crippen LogP contribution in [0.1, 0.15) is 18.9 Å². The van der Waals surface area contributed by atoms with Crippen molar-refractivity contribution in [1.29, 1.82) is 0 Å². The SMILES string of the molecule is COc1cccc(S(=O)(=O)c2ccc3c(c2)OC2CNCCC32C)c1. The Labute approximate surface area is 147 Å². The summed E-state index contributed by atoms with van der Waals surface area (Å²) in [6.07, 6.45) is 1.03. The minimum Gasteiger partial charge on any atom is -0.497 e. The van der Waals surface area contributed by atoms with Gasteiger partial charge in [-0.05, 0) is 43.3 Å². The second-order valence-electron chi connectivity index (χ2n) is 6.82. The fourth-order valence-electron chi connectivity index (χ4n) is 3.74. The molecule has 0 bridgehead atoms. The van der Waals surface area contributed by atoms with Crippen molar-refractivity contribution in [2.45, 2.75) is 34.7 Å². The third-order valence-corrected chi connectivity index (χ3v) is 7.11. The number of benzene rings is 2. The average Bonchev–Trinajstić information content (AvgIpc) is 2.93. The minimum absolute atomic E-state index is 0.0472. The van der Waals surface area contributed by atoms with E-state index in [1.54, 1.807) is 30.3 Å². The van der Waals surface area contributed by atoms with Crippen LogP contribution in [0.15, 0.2) is 52.3 Å². The smallest absolute Gasteiger partial charge is 0.206 e. The minimum atomic E-state index is -3.62. The second-order valence-corrected chi connectivity index (χ2v) is 8.77. The highest BCUT2D eigenvalue weighted by Gasteiger charge is 2.46. The zero-order chi connectivity index (χ0) is 17.7. The van der Waals surface area contributed by atoms with E-state index in [1.165, 1.54) is 13.2 Å². The predicted molar refractivity (Wildman–Crippen MR) is 94.1 cm³/mol. The van der Waals surface area contributed by atoms with Crippen LogP contribution in [0.5, 0.6) is 11.5 Å². The van der Waals surface area contributed by atoms with E-state index in [-0.39, 0.29) is 21.3 Å². The largest absolute Gasteiger partial charge is 0.497 e. The van der Waals surface area contributed by atoms with Crippen LogP contribution in [-0.2, 0) is 15.3 Å². The Morgan fingerprint density at radius 3 is 2.80 bits per heavy atom. The van der Waals surface area contributed by atoms with E-state index < -0.39 is 9.84 Å². The number of rotatable bonds is 3. The van der Waals surface area contributed by atoms with Gasteiger partial charge in [-0.2, -0.15) is 0 Å². The molecule has 5 nitrogen and oxygen atoms in total. The van der Waals surface area contributed by atoms with Crippen molar-refractivity contribution in [3.05, 3.63) is 48.0 Å². The Hall–Kier alpha value is -2.05. The fraction of sp³-hybridized carbons (Fsp3) is 0.368. The molecule has 0 spiro atoms. The van der Waals surface area contributed by atoms with Gasteiger partial charge in [0, 0.05) is 17.5 Å². The number of methoxy groups -OCH3 is 1. The Morgan fingerprint density at radius 1 is 1.20 bits per heavy atom. The molecule has 4 rings (SSSR count). The zero-order valence-electron chi connectivity index (χ0n) is 14.3. The molecule has 1 fully saturated rings. The second kappa shape index (κ2) is 5.75. The molecule has 1 N–H and O–H groups in total.